The zero-order chi connectivity index (χ0) is 29.7. The highest BCUT2D eigenvalue weighted by atomic mass is 16.7. The Labute approximate surface area is 245 Å². The van der Waals surface area contributed by atoms with E-state index in [1.165, 1.54) is 0 Å². The molecule has 3 aromatic rings. The second kappa shape index (κ2) is 15.7. The first-order valence-corrected chi connectivity index (χ1v) is 14.5. The third kappa shape index (κ3) is 7.95. The molecule has 0 unspecified atom stereocenters. The lowest BCUT2D eigenvalue weighted by Crippen LogP contribution is -2.35. The summed E-state index contributed by atoms with van der Waals surface area (Å²) in [6.07, 6.45) is 5.73. The molecule has 3 N–H and O–H groups in total. The molecule has 0 saturated carbocycles. The van der Waals surface area contributed by atoms with Crippen molar-refractivity contribution in [2.75, 3.05) is 32.8 Å². The fourth-order valence-electron chi connectivity index (χ4n) is 4.85. The van der Waals surface area contributed by atoms with Crippen LogP contribution in [0.25, 0.3) is 16.6 Å². The van der Waals surface area contributed by atoms with Crippen LogP contribution < -0.4 is 5.32 Å². The Bertz CT molecular complexity index is 1400. The van der Waals surface area contributed by atoms with Crippen LogP contribution in [-0.2, 0) is 9.68 Å². The van der Waals surface area contributed by atoms with Crippen molar-refractivity contribution in [3.8, 4) is 5.69 Å². The Morgan fingerprint density at radius 2 is 1.64 bits per heavy atom. The van der Waals surface area contributed by atoms with Crippen molar-refractivity contribution in [3.05, 3.63) is 65.9 Å². The van der Waals surface area contributed by atoms with Gasteiger partial charge in [0.1, 0.15) is 0 Å². The molecule has 1 aliphatic heterocycles. The first kappa shape index (κ1) is 30.7. The number of para-hydroxylation sites is 1. The number of carbonyl (C=O) groups is 2. The molecule has 1 aliphatic rings. The summed E-state index contributed by atoms with van der Waals surface area (Å²) in [6.45, 7) is 3.38. The number of rotatable bonds is 12. The molecule has 224 valence electrons. The number of aliphatic hydroxyl groups is 2. The molecule has 1 fully saturated rings. The second-order valence-corrected chi connectivity index (χ2v) is 10.1. The number of likely N-dealkylation sites (tertiary alicyclic amines) is 1. The number of benzene rings is 2. The van der Waals surface area contributed by atoms with Gasteiger partial charge in [-0.3, -0.25) is 9.68 Å². The second-order valence-electron chi connectivity index (χ2n) is 10.1. The van der Waals surface area contributed by atoms with Crippen LogP contribution in [0, 0.1) is 0 Å². The van der Waals surface area contributed by atoms with E-state index in [9.17, 15) is 19.8 Å². The van der Waals surface area contributed by atoms with E-state index in [1.54, 1.807) is 4.90 Å². The molecule has 4 rings (SSSR count). The Morgan fingerprint density at radius 1 is 0.929 bits per heavy atom. The SMILES string of the molecule is CCCCNC(=O)O/N=C(\CCO)c1cn(-c2ccccc2)c2ccc(/C(CCO)=N/OC(=O)N3CCCCC3)cc12. The number of carbonyl (C=O) groups excluding carboxylic acids is 2. The van der Waals surface area contributed by atoms with Gasteiger partial charge in [0.25, 0.3) is 0 Å². The first-order chi connectivity index (χ1) is 20.5. The maximum absolute atomic E-state index is 12.6. The normalized spacial score (nSPS) is 14.2. The number of hydrogen-bond acceptors (Lipinski definition) is 8. The Balaban J connectivity index is 1.73. The zero-order valence-corrected chi connectivity index (χ0v) is 24.0. The van der Waals surface area contributed by atoms with Crippen molar-refractivity contribution in [2.45, 2.75) is 51.9 Å². The van der Waals surface area contributed by atoms with Crippen molar-refractivity contribution in [2.24, 2.45) is 10.3 Å². The molecule has 2 amide bonds. The van der Waals surface area contributed by atoms with Gasteiger partial charge >= 0.3 is 12.2 Å². The molecule has 0 bridgehead atoms. The van der Waals surface area contributed by atoms with E-state index in [1.807, 2.05) is 66.2 Å². The van der Waals surface area contributed by atoms with Gasteiger partial charge in [-0.05, 0) is 49.9 Å². The number of amides is 2. The third-order valence-electron chi connectivity index (χ3n) is 7.07. The number of aliphatic hydroxyl groups excluding tert-OH is 2. The predicted molar refractivity (Wildman–Crippen MR) is 161 cm³/mol. The van der Waals surface area contributed by atoms with E-state index in [2.05, 4.69) is 15.6 Å². The van der Waals surface area contributed by atoms with Crippen molar-refractivity contribution in [1.29, 1.82) is 0 Å². The highest BCUT2D eigenvalue weighted by molar-refractivity contribution is 6.13. The van der Waals surface area contributed by atoms with Crippen molar-refractivity contribution < 1.29 is 29.5 Å². The summed E-state index contributed by atoms with van der Waals surface area (Å²) < 4.78 is 1.99. The van der Waals surface area contributed by atoms with Gasteiger partial charge in [0.15, 0.2) is 0 Å². The maximum Gasteiger partial charge on any atom is 0.435 e. The number of oxime groups is 2. The standard InChI is InChI=1S/C31H39N5O6/c1-2-3-16-32-30(39)41-34-28(15-20-38)26-22-36(24-10-6-4-7-11-24)29-13-12-23(21-25(26)29)27(14-19-37)33-42-31(40)35-17-8-5-9-18-35/h4,6-7,10-13,21-22,37-38H,2-3,5,8-9,14-20H2,1H3,(H,32,39)/b33-27+,34-28+. The van der Waals surface area contributed by atoms with Gasteiger partial charge in [-0.25, -0.2) is 9.59 Å². The first-order valence-electron chi connectivity index (χ1n) is 14.5. The van der Waals surface area contributed by atoms with Gasteiger partial charge in [0.2, 0.25) is 0 Å². The van der Waals surface area contributed by atoms with Gasteiger partial charge in [0.05, 0.1) is 16.9 Å². The largest absolute Gasteiger partial charge is 0.435 e. The van der Waals surface area contributed by atoms with Crippen LogP contribution >= 0.6 is 0 Å². The van der Waals surface area contributed by atoms with Crippen LogP contribution in [0.5, 0.6) is 0 Å². The molecule has 2 heterocycles. The quantitative estimate of drug-likeness (QED) is 0.121. The molecule has 2 aromatic carbocycles. The van der Waals surface area contributed by atoms with Gasteiger partial charge in [0, 0.05) is 74.1 Å². The molecule has 42 heavy (non-hydrogen) atoms. The van der Waals surface area contributed by atoms with E-state index < -0.39 is 12.2 Å². The van der Waals surface area contributed by atoms with Crippen LogP contribution in [0.4, 0.5) is 9.59 Å². The summed E-state index contributed by atoms with van der Waals surface area (Å²) in [5, 5.41) is 31.3. The summed E-state index contributed by atoms with van der Waals surface area (Å²) in [4.78, 5) is 36.9. The minimum absolute atomic E-state index is 0.144. The van der Waals surface area contributed by atoms with Gasteiger partial charge in [-0.15, -0.1) is 0 Å². The summed E-state index contributed by atoms with van der Waals surface area (Å²) in [7, 11) is 0. The number of aromatic nitrogens is 1. The number of unbranched alkanes of at least 4 members (excludes halogenated alkanes) is 1. The molecule has 0 atom stereocenters. The minimum atomic E-state index is -0.667. The summed E-state index contributed by atoms with van der Waals surface area (Å²) in [5.41, 5.74) is 3.85. The number of fused-ring (bicyclic) bond motifs is 1. The van der Waals surface area contributed by atoms with E-state index in [0.29, 0.717) is 42.2 Å². The molecule has 0 aliphatic carbocycles. The molecule has 1 saturated heterocycles. The maximum atomic E-state index is 12.6. The number of nitrogens with one attached hydrogen (secondary N) is 1. The summed E-state index contributed by atoms with van der Waals surface area (Å²) in [5.74, 6) is 0. The van der Waals surface area contributed by atoms with E-state index in [-0.39, 0.29) is 26.1 Å². The van der Waals surface area contributed by atoms with Crippen LogP contribution in [0.2, 0.25) is 0 Å². The van der Waals surface area contributed by atoms with Crippen molar-refractivity contribution in [3.63, 3.8) is 0 Å². The van der Waals surface area contributed by atoms with Crippen molar-refractivity contribution in [1.82, 2.24) is 14.8 Å². The number of piperidine rings is 1. The van der Waals surface area contributed by atoms with E-state index in [0.717, 1.165) is 48.7 Å². The average Bonchev–Trinajstić information content (AvgIpc) is 3.41. The lowest BCUT2D eigenvalue weighted by atomic mass is 10.0. The average molecular weight is 578 g/mol. The molecular weight excluding hydrogens is 538 g/mol. The van der Waals surface area contributed by atoms with E-state index >= 15 is 0 Å². The molecule has 0 spiro atoms. The Hall–Kier alpha value is -4.22. The molecular formula is C31H39N5O6. The predicted octanol–water partition coefficient (Wildman–Crippen LogP) is 4.95. The van der Waals surface area contributed by atoms with Gasteiger partial charge in [-0.1, -0.05) is 47.9 Å². The molecule has 1 aromatic heterocycles. The fourth-order valence-corrected chi connectivity index (χ4v) is 4.85. The third-order valence-corrected chi connectivity index (χ3v) is 7.07. The minimum Gasteiger partial charge on any atom is -0.396 e. The van der Waals surface area contributed by atoms with Crippen LogP contribution in [0.15, 0.2) is 65.0 Å². The fraction of sp³-hybridized carbons (Fsp3) is 0.419. The van der Waals surface area contributed by atoms with Crippen molar-refractivity contribution >= 4 is 34.5 Å². The Morgan fingerprint density at radius 3 is 2.36 bits per heavy atom. The highest BCUT2D eigenvalue weighted by Crippen LogP contribution is 2.28. The number of hydrogen-bond donors (Lipinski definition) is 3. The summed E-state index contributed by atoms with van der Waals surface area (Å²) in [6, 6.07) is 15.4. The van der Waals surface area contributed by atoms with Crippen LogP contribution in [0.3, 0.4) is 0 Å². The van der Waals surface area contributed by atoms with Gasteiger partial charge in [-0.2, -0.15) is 0 Å². The molecule has 0 radical (unpaired) electrons. The Kier molecular flexibility index (Phi) is 11.5. The molecule has 11 heteroatoms. The highest BCUT2D eigenvalue weighted by Gasteiger charge is 2.20. The number of nitrogens with zero attached hydrogens (tertiary/aromatic N) is 4. The smallest absolute Gasteiger partial charge is 0.396 e. The summed E-state index contributed by atoms with van der Waals surface area (Å²) >= 11 is 0. The lowest BCUT2D eigenvalue weighted by molar-refractivity contribution is 0.0978. The van der Waals surface area contributed by atoms with E-state index in [4.69, 9.17) is 9.68 Å². The monoisotopic (exact) mass is 577 g/mol. The van der Waals surface area contributed by atoms with Crippen LogP contribution in [0.1, 0.15) is 63.0 Å². The zero-order valence-electron chi connectivity index (χ0n) is 24.0. The lowest BCUT2D eigenvalue weighted by Gasteiger charge is -2.24. The molecule has 11 nitrogen and oxygen atoms in total. The van der Waals surface area contributed by atoms with Gasteiger partial charge < -0.3 is 25.0 Å². The topological polar surface area (TPSA) is 138 Å². The van der Waals surface area contributed by atoms with Crippen LogP contribution in [-0.4, -0.2) is 76.1 Å².